The third-order valence-electron chi connectivity index (χ3n) is 2.92. The molecule has 1 saturated heterocycles. The van der Waals surface area contributed by atoms with Gasteiger partial charge in [0, 0.05) is 26.2 Å². The van der Waals surface area contributed by atoms with Crippen molar-refractivity contribution < 1.29 is 9.53 Å². The van der Waals surface area contributed by atoms with E-state index >= 15 is 0 Å². The Hall–Kier alpha value is -0.610. The Kier molecular flexibility index (Phi) is 7.17. The Balaban J connectivity index is 1.97. The van der Waals surface area contributed by atoms with Crippen molar-refractivity contribution in [3.05, 3.63) is 0 Å². The molecular formula is C12H24N2O2. The standard InChI is InChI=1S/C12H24N2O2/c1-2-16-9-3-6-14-12(15)10-11-4-7-13-8-5-11/h11,13H,2-10H2,1H3,(H,14,15). The lowest BCUT2D eigenvalue weighted by molar-refractivity contribution is -0.122. The van der Waals surface area contributed by atoms with Gasteiger partial charge in [0.05, 0.1) is 0 Å². The van der Waals surface area contributed by atoms with E-state index in [-0.39, 0.29) is 5.91 Å². The molecule has 2 N–H and O–H groups in total. The highest BCUT2D eigenvalue weighted by atomic mass is 16.5. The number of amides is 1. The van der Waals surface area contributed by atoms with E-state index in [0.29, 0.717) is 12.3 Å². The molecule has 0 saturated carbocycles. The minimum atomic E-state index is 0.198. The highest BCUT2D eigenvalue weighted by molar-refractivity contribution is 5.76. The van der Waals surface area contributed by atoms with Gasteiger partial charge in [-0.1, -0.05) is 0 Å². The van der Waals surface area contributed by atoms with Crippen molar-refractivity contribution in [1.82, 2.24) is 10.6 Å². The van der Waals surface area contributed by atoms with Gasteiger partial charge in [-0.25, -0.2) is 0 Å². The maximum Gasteiger partial charge on any atom is 0.220 e. The SMILES string of the molecule is CCOCCCNC(=O)CC1CCNCC1. The highest BCUT2D eigenvalue weighted by Gasteiger charge is 2.16. The summed E-state index contributed by atoms with van der Waals surface area (Å²) in [6.07, 6.45) is 3.86. The maximum absolute atomic E-state index is 11.6. The zero-order valence-corrected chi connectivity index (χ0v) is 10.3. The number of nitrogens with one attached hydrogen (secondary N) is 2. The average molecular weight is 228 g/mol. The van der Waals surface area contributed by atoms with E-state index in [2.05, 4.69) is 10.6 Å². The fraction of sp³-hybridized carbons (Fsp3) is 0.917. The van der Waals surface area contributed by atoms with Crippen molar-refractivity contribution in [1.29, 1.82) is 0 Å². The largest absolute Gasteiger partial charge is 0.382 e. The molecule has 0 aliphatic carbocycles. The van der Waals surface area contributed by atoms with Gasteiger partial charge in [0.25, 0.3) is 0 Å². The van der Waals surface area contributed by atoms with Crippen LogP contribution in [0.5, 0.6) is 0 Å². The van der Waals surface area contributed by atoms with Crippen molar-refractivity contribution in [2.24, 2.45) is 5.92 Å². The average Bonchev–Trinajstić information content (AvgIpc) is 2.30. The topological polar surface area (TPSA) is 50.4 Å². The van der Waals surface area contributed by atoms with E-state index in [9.17, 15) is 4.79 Å². The second kappa shape index (κ2) is 8.53. The Bertz CT molecular complexity index is 191. The molecule has 1 amide bonds. The molecule has 4 nitrogen and oxygen atoms in total. The van der Waals surface area contributed by atoms with Crippen LogP contribution in [0, 0.1) is 5.92 Å². The summed E-state index contributed by atoms with van der Waals surface area (Å²) in [5, 5.41) is 6.26. The fourth-order valence-corrected chi connectivity index (χ4v) is 1.97. The summed E-state index contributed by atoms with van der Waals surface area (Å²) in [4.78, 5) is 11.6. The molecule has 0 radical (unpaired) electrons. The fourth-order valence-electron chi connectivity index (χ4n) is 1.97. The number of hydrogen-bond acceptors (Lipinski definition) is 3. The van der Waals surface area contributed by atoms with Crippen molar-refractivity contribution in [3.63, 3.8) is 0 Å². The van der Waals surface area contributed by atoms with Crippen LogP contribution in [0.15, 0.2) is 0 Å². The maximum atomic E-state index is 11.6. The normalized spacial score (nSPS) is 17.3. The van der Waals surface area contributed by atoms with Gasteiger partial charge < -0.3 is 15.4 Å². The van der Waals surface area contributed by atoms with Gasteiger partial charge in [-0.2, -0.15) is 0 Å². The molecule has 0 aromatic heterocycles. The zero-order valence-electron chi connectivity index (χ0n) is 10.3. The minimum Gasteiger partial charge on any atom is -0.382 e. The molecule has 1 aliphatic rings. The van der Waals surface area contributed by atoms with Crippen LogP contribution in [-0.2, 0) is 9.53 Å². The van der Waals surface area contributed by atoms with Gasteiger partial charge in [-0.05, 0) is 45.2 Å². The second-order valence-electron chi connectivity index (χ2n) is 4.30. The first-order chi connectivity index (χ1) is 7.83. The van der Waals surface area contributed by atoms with Crippen LogP contribution in [0.25, 0.3) is 0 Å². The highest BCUT2D eigenvalue weighted by Crippen LogP contribution is 2.15. The van der Waals surface area contributed by atoms with Gasteiger partial charge in [-0.3, -0.25) is 4.79 Å². The number of carbonyl (C=O) groups is 1. The molecule has 94 valence electrons. The van der Waals surface area contributed by atoms with E-state index < -0.39 is 0 Å². The predicted octanol–water partition coefficient (Wildman–Crippen LogP) is 0.919. The Morgan fingerprint density at radius 1 is 1.44 bits per heavy atom. The number of piperidine rings is 1. The van der Waals surface area contributed by atoms with E-state index in [1.165, 1.54) is 0 Å². The summed E-state index contributed by atoms with van der Waals surface area (Å²) < 4.78 is 5.21. The lowest BCUT2D eigenvalue weighted by Gasteiger charge is -2.21. The van der Waals surface area contributed by atoms with Crippen molar-refractivity contribution in [2.45, 2.75) is 32.6 Å². The smallest absolute Gasteiger partial charge is 0.220 e. The molecule has 1 fully saturated rings. The Morgan fingerprint density at radius 2 is 2.19 bits per heavy atom. The molecule has 0 atom stereocenters. The van der Waals surface area contributed by atoms with Gasteiger partial charge >= 0.3 is 0 Å². The quantitative estimate of drug-likeness (QED) is 0.637. The molecule has 0 bridgehead atoms. The van der Waals surface area contributed by atoms with Crippen LogP contribution in [-0.4, -0.2) is 38.8 Å². The van der Waals surface area contributed by atoms with Gasteiger partial charge in [0.15, 0.2) is 0 Å². The zero-order chi connectivity index (χ0) is 11.6. The third kappa shape index (κ3) is 6.08. The molecule has 1 heterocycles. The summed E-state index contributed by atoms with van der Waals surface area (Å²) >= 11 is 0. The van der Waals surface area contributed by atoms with Gasteiger partial charge in [-0.15, -0.1) is 0 Å². The Labute approximate surface area is 98.1 Å². The molecule has 1 rings (SSSR count). The van der Waals surface area contributed by atoms with Crippen molar-refractivity contribution in [3.8, 4) is 0 Å². The molecule has 1 aliphatic heterocycles. The molecule has 0 unspecified atom stereocenters. The number of ether oxygens (including phenoxy) is 1. The molecule has 16 heavy (non-hydrogen) atoms. The van der Waals surface area contributed by atoms with Crippen LogP contribution >= 0.6 is 0 Å². The van der Waals surface area contributed by atoms with Crippen LogP contribution in [0.3, 0.4) is 0 Å². The molecule has 0 aromatic carbocycles. The van der Waals surface area contributed by atoms with Crippen LogP contribution in [0.1, 0.15) is 32.6 Å². The van der Waals surface area contributed by atoms with E-state index in [0.717, 1.165) is 52.1 Å². The van der Waals surface area contributed by atoms with E-state index in [1.807, 2.05) is 6.92 Å². The number of hydrogen-bond donors (Lipinski definition) is 2. The summed E-state index contributed by atoms with van der Waals surface area (Å²) in [7, 11) is 0. The first kappa shape index (κ1) is 13.5. The van der Waals surface area contributed by atoms with E-state index in [4.69, 9.17) is 4.74 Å². The van der Waals surface area contributed by atoms with E-state index in [1.54, 1.807) is 0 Å². The first-order valence-corrected chi connectivity index (χ1v) is 6.38. The lowest BCUT2D eigenvalue weighted by Crippen LogP contribution is -2.32. The second-order valence-corrected chi connectivity index (χ2v) is 4.30. The van der Waals surface area contributed by atoms with Crippen LogP contribution in [0.2, 0.25) is 0 Å². The molecule has 0 aromatic rings. The van der Waals surface area contributed by atoms with Gasteiger partial charge in [0.1, 0.15) is 0 Å². The molecule has 4 heteroatoms. The monoisotopic (exact) mass is 228 g/mol. The predicted molar refractivity (Wildman–Crippen MR) is 64.3 cm³/mol. The van der Waals surface area contributed by atoms with Crippen molar-refractivity contribution >= 4 is 5.91 Å². The molecule has 0 spiro atoms. The first-order valence-electron chi connectivity index (χ1n) is 6.38. The minimum absolute atomic E-state index is 0.198. The number of rotatable bonds is 7. The van der Waals surface area contributed by atoms with Gasteiger partial charge in [0.2, 0.25) is 5.91 Å². The lowest BCUT2D eigenvalue weighted by atomic mass is 9.94. The molecular weight excluding hydrogens is 204 g/mol. The summed E-state index contributed by atoms with van der Waals surface area (Å²) in [5.74, 6) is 0.775. The summed E-state index contributed by atoms with van der Waals surface area (Å²) in [6.45, 7) is 6.33. The third-order valence-corrected chi connectivity index (χ3v) is 2.92. The van der Waals surface area contributed by atoms with Crippen LogP contribution in [0.4, 0.5) is 0 Å². The number of carbonyl (C=O) groups excluding carboxylic acids is 1. The Morgan fingerprint density at radius 3 is 2.88 bits per heavy atom. The van der Waals surface area contributed by atoms with Crippen molar-refractivity contribution in [2.75, 3.05) is 32.8 Å². The van der Waals surface area contributed by atoms with Crippen LogP contribution < -0.4 is 10.6 Å². The summed E-state index contributed by atoms with van der Waals surface area (Å²) in [6, 6.07) is 0. The summed E-state index contributed by atoms with van der Waals surface area (Å²) in [5.41, 5.74) is 0.